The van der Waals surface area contributed by atoms with Crippen LogP contribution < -0.4 is 4.74 Å². The number of nitriles is 1. The number of halogens is 3. The van der Waals surface area contributed by atoms with Crippen LogP contribution in [0.4, 0.5) is 18.9 Å². The topological polar surface area (TPSA) is 76.2 Å². The number of nitro benzene ring substituents is 1. The third-order valence-electron chi connectivity index (χ3n) is 2.06. The van der Waals surface area contributed by atoms with Crippen LogP contribution in [-0.4, -0.2) is 17.2 Å². The first-order valence-corrected chi connectivity index (χ1v) is 4.67. The fourth-order valence-electron chi connectivity index (χ4n) is 1.08. The maximum absolute atomic E-state index is 12.3. The molecule has 1 rings (SSSR count). The maximum Gasteiger partial charge on any atom is 0.425 e. The molecule has 18 heavy (non-hydrogen) atoms. The Balaban J connectivity index is 3.05. The average molecular weight is 260 g/mol. The molecule has 0 saturated heterocycles. The molecule has 96 valence electrons. The molecule has 0 saturated carbocycles. The third-order valence-corrected chi connectivity index (χ3v) is 2.06. The lowest BCUT2D eigenvalue weighted by atomic mass is 10.2. The van der Waals surface area contributed by atoms with Crippen LogP contribution in [0.25, 0.3) is 0 Å². The zero-order valence-electron chi connectivity index (χ0n) is 9.06. The number of hydrogen-bond donors (Lipinski definition) is 0. The summed E-state index contributed by atoms with van der Waals surface area (Å²) in [5, 5.41) is 19.1. The Morgan fingerprint density at radius 2 is 2.11 bits per heavy atom. The van der Waals surface area contributed by atoms with Crippen molar-refractivity contribution < 1.29 is 22.8 Å². The van der Waals surface area contributed by atoms with Crippen LogP contribution in [0.15, 0.2) is 18.2 Å². The summed E-state index contributed by atoms with van der Waals surface area (Å²) in [6, 6.07) is 4.35. The fraction of sp³-hybridized carbons (Fsp3) is 0.300. The van der Waals surface area contributed by atoms with Gasteiger partial charge in [0, 0.05) is 12.1 Å². The van der Waals surface area contributed by atoms with E-state index in [1.807, 2.05) is 0 Å². The van der Waals surface area contributed by atoms with E-state index < -0.39 is 22.9 Å². The van der Waals surface area contributed by atoms with E-state index in [4.69, 9.17) is 5.26 Å². The summed E-state index contributed by atoms with van der Waals surface area (Å²) in [5.41, 5.74) is -0.709. The van der Waals surface area contributed by atoms with Gasteiger partial charge in [-0.2, -0.15) is 18.4 Å². The summed E-state index contributed by atoms with van der Waals surface area (Å²) in [7, 11) is 0. The molecule has 0 aliphatic heterocycles. The highest BCUT2D eigenvalue weighted by Crippen LogP contribution is 2.29. The Kier molecular flexibility index (Phi) is 3.76. The molecule has 1 unspecified atom stereocenters. The number of rotatable bonds is 3. The van der Waals surface area contributed by atoms with Crippen molar-refractivity contribution in [2.24, 2.45) is 0 Å². The molecule has 0 heterocycles. The van der Waals surface area contributed by atoms with Gasteiger partial charge in [0.05, 0.1) is 4.92 Å². The minimum absolute atomic E-state index is 0.319. The van der Waals surface area contributed by atoms with Gasteiger partial charge < -0.3 is 4.74 Å². The number of ether oxygens (including phenoxy) is 1. The molecule has 0 amide bonds. The number of non-ortho nitro benzene ring substituents is 1. The first-order chi connectivity index (χ1) is 8.25. The van der Waals surface area contributed by atoms with Crippen molar-refractivity contribution in [1.29, 1.82) is 5.26 Å². The molecule has 8 heteroatoms. The summed E-state index contributed by atoms with van der Waals surface area (Å²) >= 11 is 0. The van der Waals surface area contributed by atoms with Crippen LogP contribution in [0, 0.1) is 21.4 Å². The Labute approximate surface area is 99.5 Å². The molecule has 1 atom stereocenters. The van der Waals surface area contributed by atoms with Crippen LogP contribution >= 0.6 is 0 Å². The van der Waals surface area contributed by atoms with E-state index in [0.29, 0.717) is 0 Å². The summed E-state index contributed by atoms with van der Waals surface area (Å²) < 4.78 is 41.4. The second kappa shape index (κ2) is 4.91. The summed E-state index contributed by atoms with van der Waals surface area (Å²) in [6.45, 7) is 0.780. The molecule has 1 aromatic carbocycles. The standard InChI is InChI=1S/C10H7F3N2O3/c1-6(10(11,12)13)18-9-3-2-8(15(16)17)4-7(9)5-14/h2-4,6H,1H3. The van der Waals surface area contributed by atoms with E-state index in [1.54, 1.807) is 6.07 Å². The van der Waals surface area contributed by atoms with Gasteiger partial charge in [-0.25, -0.2) is 0 Å². The highest BCUT2D eigenvalue weighted by Gasteiger charge is 2.38. The molecule has 0 spiro atoms. The van der Waals surface area contributed by atoms with E-state index in [0.717, 1.165) is 25.1 Å². The zero-order chi connectivity index (χ0) is 13.9. The predicted octanol–water partition coefficient (Wildman–Crippen LogP) is 2.80. The van der Waals surface area contributed by atoms with Gasteiger partial charge >= 0.3 is 6.18 Å². The number of benzene rings is 1. The monoisotopic (exact) mass is 260 g/mol. The number of nitrogens with zero attached hydrogens (tertiary/aromatic N) is 2. The minimum atomic E-state index is -4.57. The predicted molar refractivity (Wildman–Crippen MR) is 54.0 cm³/mol. The Hall–Kier alpha value is -2.30. The van der Waals surface area contributed by atoms with Gasteiger partial charge in [-0.05, 0) is 13.0 Å². The molecule has 5 nitrogen and oxygen atoms in total. The summed E-state index contributed by atoms with van der Waals surface area (Å²) in [4.78, 5) is 9.68. The number of nitro groups is 1. The quantitative estimate of drug-likeness (QED) is 0.618. The van der Waals surface area contributed by atoms with Crippen LogP contribution in [0.3, 0.4) is 0 Å². The zero-order valence-corrected chi connectivity index (χ0v) is 9.06. The van der Waals surface area contributed by atoms with E-state index in [1.165, 1.54) is 0 Å². The fourth-order valence-corrected chi connectivity index (χ4v) is 1.08. The lowest BCUT2D eigenvalue weighted by molar-refractivity contribution is -0.384. The molecule has 1 aromatic rings. The Morgan fingerprint density at radius 1 is 1.50 bits per heavy atom. The van der Waals surface area contributed by atoms with Gasteiger partial charge in [0.25, 0.3) is 5.69 Å². The van der Waals surface area contributed by atoms with Gasteiger partial charge in [0.1, 0.15) is 17.4 Å². The average Bonchev–Trinajstić information content (AvgIpc) is 2.27. The Bertz CT molecular complexity index is 508. The van der Waals surface area contributed by atoms with Crippen LogP contribution in [0.2, 0.25) is 0 Å². The molecule has 0 bridgehead atoms. The summed E-state index contributed by atoms with van der Waals surface area (Å²) in [6.07, 6.45) is -6.68. The van der Waals surface area contributed by atoms with E-state index in [2.05, 4.69) is 4.74 Å². The molecule has 0 aliphatic carbocycles. The van der Waals surface area contributed by atoms with Crippen molar-refractivity contribution in [2.75, 3.05) is 0 Å². The van der Waals surface area contributed by atoms with Gasteiger partial charge in [-0.15, -0.1) is 0 Å². The van der Waals surface area contributed by atoms with E-state index in [-0.39, 0.29) is 11.3 Å². The van der Waals surface area contributed by atoms with Crippen molar-refractivity contribution in [3.8, 4) is 11.8 Å². The molecule has 0 aliphatic rings. The molecule has 0 radical (unpaired) electrons. The largest absolute Gasteiger partial charge is 0.480 e. The first kappa shape index (κ1) is 13.8. The third kappa shape index (κ3) is 3.10. The second-order valence-corrected chi connectivity index (χ2v) is 3.35. The van der Waals surface area contributed by atoms with Gasteiger partial charge in [-0.1, -0.05) is 0 Å². The van der Waals surface area contributed by atoms with Crippen molar-refractivity contribution >= 4 is 5.69 Å². The molecular weight excluding hydrogens is 253 g/mol. The van der Waals surface area contributed by atoms with Crippen molar-refractivity contribution in [3.05, 3.63) is 33.9 Å². The number of alkyl halides is 3. The lowest BCUT2D eigenvalue weighted by Gasteiger charge is -2.18. The van der Waals surface area contributed by atoms with Crippen LogP contribution in [-0.2, 0) is 0 Å². The maximum atomic E-state index is 12.3. The lowest BCUT2D eigenvalue weighted by Crippen LogP contribution is -2.31. The molecular formula is C10H7F3N2O3. The second-order valence-electron chi connectivity index (χ2n) is 3.35. The first-order valence-electron chi connectivity index (χ1n) is 4.67. The van der Waals surface area contributed by atoms with Crippen LogP contribution in [0.1, 0.15) is 12.5 Å². The normalized spacial score (nSPS) is 12.6. The van der Waals surface area contributed by atoms with E-state index >= 15 is 0 Å². The summed E-state index contributed by atoms with van der Waals surface area (Å²) in [5.74, 6) is -0.340. The SMILES string of the molecule is CC(Oc1ccc([N+](=O)[O-])cc1C#N)C(F)(F)F. The smallest absolute Gasteiger partial charge is 0.425 e. The van der Waals surface area contributed by atoms with Crippen molar-refractivity contribution in [1.82, 2.24) is 0 Å². The highest BCUT2D eigenvalue weighted by atomic mass is 19.4. The van der Waals surface area contributed by atoms with Crippen LogP contribution in [0.5, 0.6) is 5.75 Å². The van der Waals surface area contributed by atoms with Gasteiger partial charge in [0.2, 0.25) is 0 Å². The van der Waals surface area contributed by atoms with Crippen molar-refractivity contribution in [2.45, 2.75) is 19.2 Å². The van der Waals surface area contributed by atoms with E-state index in [9.17, 15) is 23.3 Å². The minimum Gasteiger partial charge on any atom is -0.480 e. The Morgan fingerprint density at radius 3 is 2.56 bits per heavy atom. The molecule has 0 N–H and O–H groups in total. The molecule has 0 aromatic heterocycles. The van der Waals surface area contributed by atoms with Crippen molar-refractivity contribution in [3.63, 3.8) is 0 Å². The molecule has 0 fully saturated rings. The van der Waals surface area contributed by atoms with Gasteiger partial charge in [-0.3, -0.25) is 10.1 Å². The van der Waals surface area contributed by atoms with Gasteiger partial charge in [0.15, 0.2) is 6.10 Å². The number of hydrogen-bond acceptors (Lipinski definition) is 4. The highest BCUT2D eigenvalue weighted by molar-refractivity contribution is 5.50.